The molecule has 2 radical (unpaired) electrons. The van der Waals surface area contributed by atoms with Crippen molar-refractivity contribution in [2.45, 2.75) is 53.6 Å². The van der Waals surface area contributed by atoms with Crippen LogP contribution in [-0.4, -0.2) is 9.52 Å². The van der Waals surface area contributed by atoms with Gasteiger partial charge in [0.25, 0.3) is 0 Å². The molecule has 6 aromatic carbocycles. The molecule has 0 atom stereocenters. The molecule has 6 aromatic rings. The zero-order chi connectivity index (χ0) is 30.5. The third kappa shape index (κ3) is 9.39. The molecule has 0 bridgehead atoms. The fraction of sp³-hybridized carbons (Fsp3) is 0.211. The minimum atomic E-state index is -0.826. The molecule has 0 saturated carbocycles. The number of hydrogen-bond donors (Lipinski definition) is 0. The first-order valence-corrected chi connectivity index (χ1v) is 22.8. The summed E-state index contributed by atoms with van der Waals surface area (Å²) in [6.07, 6.45) is 2.19. The fourth-order valence-electron chi connectivity index (χ4n) is 5.11. The van der Waals surface area contributed by atoms with E-state index in [1.54, 1.807) is 0 Å². The maximum absolute atomic E-state index is 4.93. The Morgan fingerprint density at radius 2 is 0.929 bits per heavy atom. The van der Waals surface area contributed by atoms with Crippen molar-refractivity contribution in [2.24, 2.45) is 0 Å². The van der Waals surface area contributed by atoms with Crippen LogP contribution < -0.4 is 0 Å². The molecule has 0 heterocycles. The van der Waals surface area contributed by atoms with E-state index in [2.05, 4.69) is 150 Å². The summed E-state index contributed by atoms with van der Waals surface area (Å²) in [5, 5.41) is 5.40. The second-order valence-electron chi connectivity index (χ2n) is 10.4. The van der Waals surface area contributed by atoms with Gasteiger partial charge in [0.05, 0.1) is 0 Å². The molecule has 0 aliphatic heterocycles. The number of halogens is 2. The molecule has 0 aliphatic carbocycles. The van der Waals surface area contributed by atoms with Crippen LogP contribution in [0.4, 0.5) is 0 Å². The Morgan fingerprint density at radius 1 is 0.595 bits per heavy atom. The predicted molar refractivity (Wildman–Crippen MR) is 187 cm³/mol. The molecule has 214 valence electrons. The Bertz CT molecular complexity index is 1520. The Kier molecular flexibility index (Phi) is 14.5. The van der Waals surface area contributed by atoms with Gasteiger partial charge in [-0.1, -0.05) is 113 Å². The zero-order valence-corrected chi connectivity index (χ0v) is 30.5. The summed E-state index contributed by atoms with van der Waals surface area (Å²) < 4.78 is 0. The van der Waals surface area contributed by atoms with Gasteiger partial charge in [-0.15, -0.1) is 69.1 Å². The number of aryl methyl sites for hydroxylation is 4. The van der Waals surface area contributed by atoms with Crippen LogP contribution in [0.1, 0.15) is 36.1 Å². The topological polar surface area (TPSA) is 0 Å². The monoisotopic (exact) mass is 684 g/mol. The third-order valence-corrected chi connectivity index (χ3v) is 7.14. The molecule has 0 spiro atoms. The van der Waals surface area contributed by atoms with Crippen molar-refractivity contribution in [3.05, 3.63) is 131 Å². The SMILES string of the molecule is CCc1ccc(-c2cccc3[cH-]c(C)cc23)cc1.CCc1ccc(-c2cccc3[cH-]c(C)cc23)cc1.C[Si]C.[Cl][Zr+2][Cl]. The van der Waals surface area contributed by atoms with Crippen LogP contribution in [-0.2, 0) is 33.7 Å². The van der Waals surface area contributed by atoms with Crippen molar-refractivity contribution in [3.8, 4) is 22.3 Å². The minimum absolute atomic E-state index is 0.826. The van der Waals surface area contributed by atoms with Crippen LogP contribution in [0.15, 0.2) is 109 Å². The zero-order valence-electron chi connectivity index (χ0n) is 25.6. The molecule has 0 aromatic heterocycles. The average Bonchev–Trinajstić information content (AvgIpc) is 3.59. The van der Waals surface area contributed by atoms with Gasteiger partial charge in [-0.25, -0.2) is 0 Å². The molecule has 0 nitrogen and oxygen atoms in total. The van der Waals surface area contributed by atoms with Gasteiger partial charge in [0, 0.05) is 9.52 Å². The second-order valence-corrected chi connectivity index (χ2v) is 15.1. The van der Waals surface area contributed by atoms with E-state index in [-0.39, 0.29) is 0 Å². The summed E-state index contributed by atoms with van der Waals surface area (Å²) in [4.78, 5) is 0. The molecule has 0 fully saturated rings. The first-order chi connectivity index (χ1) is 20.4. The van der Waals surface area contributed by atoms with Gasteiger partial charge in [-0.3, -0.25) is 0 Å². The number of fused-ring (bicyclic) bond motifs is 2. The van der Waals surface area contributed by atoms with Gasteiger partial charge in [0.2, 0.25) is 0 Å². The summed E-state index contributed by atoms with van der Waals surface area (Å²) >= 11 is -0.826. The Balaban J connectivity index is 0.000000195. The fourth-order valence-corrected chi connectivity index (χ4v) is 5.11. The van der Waals surface area contributed by atoms with Crippen molar-refractivity contribution in [1.82, 2.24) is 0 Å². The summed E-state index contributed by atoms with van der Waals surface area (Å²) in [7, 11) is 11.0. The molecule has 4 heteroatoms. The quantitative estimate of drug-likeness (QED) is 0.128. The van der Waals surface area contributed by atoms with E-state index < -0.39 is 20.8 Å². The first-order valence-electron chi connectivity index (χ1n) is 14.4. The molecule has 0 aliphatic rings. The van der Waals surface area contributed by atoms with E-state index >= 15 is 0 Å². The van der Waals surface area contributed by atoms with Crippen molar-refractivity contribution in [2.75, 3.05) is 0 Å². The standard InChI is InChI=1S/2C18H17.C2H6Si.2ClH.Zr/c2*1-3-14-7-9-15(10-8-14)17-6-4-5-16-11-13(2)12-18(16)17;1-3-2;;;/h2*4-12H,3H2,1-2H3;1-2H3;2*1H;/q2*-1;;;;+4/p-2. The van der Waals surface area contributed by atoms with Gasteiger partial charge < -0.3 is 0 Å². The molecule has 0 saturated heterocycles. The van der Waals surface area contributed by atoms with Gasteiger partial charge in [-0.05, 0) is 35.1 Å². The van der Waals surface area contributed by atoms with E-state index in [9.17, 15) is 0 Å². The molecule has 0 unspecified atom stereocenters. The van der Waals surface area contributed by atoms with E-state index in [1.807, 2.05) is 0 Å². The number of hydrogen-bond acceptors (Lipinski definition) is 0. The second kappa shape index (κ2) is 17.8. The van der Waals surface area contributed by atoms with Crippen LogP contribution in [0.3, 0.4) is 0 Å². The van der Waals surface area contributed by atoms with Gasteiger partial charge in [0.1, 0.15) is 0 Å². The number of rotatable bonds is 4. The molecule has 42 heavy (non-hydrogen) atoms. The summed E-state index contributed by atoms with van der Waals surface area (Å²) in [5.41, 5.74) is 10.7. The van der Waals surface area contributed by atoms with Gasteiger partial charge >= 0.3 is 37.9 Å². The van der Waals surface area contributed by atoms with Crippen LogP contribution in [0.25, 0.3) is 43.8 Å². The molecule has 6 rings (SSSR count). The predicted octanol–water partition coefficient (Wildman–Crippen LogP) is 12.4. The van der Waals surface area contributed by atoms with Gasteiger partial charge in [0.15, 0.2) is 0 Å². The molecule has 0 amide bonds. The van der Waals surface area contributed by atoms with Crippen LogP contribution in [0.5, 0.6) is 0 Å². The van der Waals surface area contributed by atoms with E-state index in [4.69, 9.17) is 17.0 Å². The first kappa shape index (κ1) is 34.3. The summed E-state index contributed by atoms with van der Waals surface area (Å²) in [6, 6.07) is 40.0. The van der Waals surface area contributed by atoms with Crippen LogP contribution >= 0.6 is 17.0 Å². The van der Waals surface area contributed by atoms with Crippen molar-refractivity contribution < 1.29 is 20.8 Å². The third-order valence-electron chi connectivity index (χ3n) is 7.14. The average molecular weight is 687 g/mol. The van der Waals surface area contributed by atoms with Crippen LogP contribution in [0, 0.1) is 13.8 Å². The molecular weight excluding hydrogens is 647 g/mol. The van der Waals surface area contributed by atoms with Crippen molar-refractivity contribution >= 4 is 48.1 Å². The molecule has 0 N–H and O–H groups in total. The van der Waals surface area contributed by atoms with Crippen molar-refractivity contribution in [3.63, 3.8) is 0 Å². The van der Waals surface area contributed by atoms with Crippen LogP contribution in [0.2, 0.25) is 13.1 Å². The van der Waals surface area contributed by atoms with E-state index in [0.717, 1.165) is 22.4 Å². The van der Waals surface area contributed by atoms with Gasteiger partial charge in [-0.2, -0.15) is 12.1 Å². The number of benzene rings is 4. The van der Waals surface area contributed by atoms with E-state index in [0.29, 0.717) is 0 Å². The molecular formula is C38H40Cl2SiZr. The Hall–Kier alpha value is -2.22. The Morgan fingerprint density at radius 3 is 1.24 bits per heavy atom. The Labute approximate surface area is 274 Å². The summed E-state index contributed by atoms with van der Waals surface area (Å²) in [6.45, 7) is 13.0. The van der Waals surface area contributed by atoms with Crippen molar-refractivity contribution in [1.29, 1.82) is 0 Å². The maximum atomic E-state index is 4.93. The van der Waals surface area contributed by atoms with E-state index in [1.165, 1.54) is 66.1 Å². The normalized spacial score (nSPS) is 10.1. The summed E-state index contributed by atoms with van der Waals surface area (Å²) in [5.74, 6) is 0.